The number of carboxylic acids is 1. The molecule has 5 nitrogen and oxygen atoms in total. The Morgan fingerprint density at radius 2 is 2.06 bits per heavy atom. The quantitative estimate of drug-likeness (QED) is 0.841. The molecule has 7 heteroatoms. The summed E-state index contributed by atoms with van der Waals surface area (Å²) in [5.41, 5.74) is 0. The fraction of sp³-hybridized carbons (Fsp3) is 0.545. The molecule has 0 aromatic carbocycles. The van der Waals surface area contributed by atoms with Crippen LogP contribution in [0.15, 0.2) is 16.3 Å². The number of sulfonamides is 1. The number of aromatic carboxylic acids is 1. The minimum atomic E-state index is -3.62. The van der Waals surface area contributed by atoms with Crippen molar-refractivity contribution < 1.29 is 18.3 Å². The maximum Gasteiger partial charge on any atom is 0.345 e. The number of thiophene rings is 1. The van der Waals surface area contributed by atoms with Crippen molar-refractivity contribution in [2.75, 3.05) is 0 Å². The molecule has 0 aliphatic heterocycles. The Hall–Kier alpha value is -0.920. The Kier molecular flexibility index (Phi) is 4.89. The van der Waals surface area contributed by atoms with Crippen molar-refractivity contribution in [2.45, 2.75) is 37.4 Å². The van der Waals surface area contributed by atoms with Gasteiger partial charge in [-0.3, -0.25) is 0 Å². The third-order valence-electron chi connectivity index (χ3n) is 2.61. The van der Waals surface area contributed by atoms with Crippen molar-refractivity contribution in [3.05, 3.63) is 17.0 Å². The lowest BCUT2D eigenvalue weighted by Gasteiger charge is -2.19. The van der Waals surface area contributed by atoms with E-state index in [-0.39, 0.29) is 21.0 Å². The predicted molar refractivity (Wildman–Crippen MR) is 70.5 cm³/mol. The number of hydrogen-bond acceptors (Lipinski definition) is 4. The zero-order valence-corrected chi connectivity index (χ0v) is 12.1. The summed E-state index contributed by atoms with van der Waals surface area (Å²) in [7, 11) is -3.62. The predicted octanol–water partition coefficient (Wildman–Crippen LogP) is 2.16. The molecule has 0 amide bonds. The molecule has 0 saturated carbocycles. The average molecular weight is 291 g/mol. The molecule has 1 atom stereocenters. The fourth-order valence-electron chi connectivity index (χ4n) is 1.53. The van der Waals surface area contributed by atoms with Crippen LogP contribution in [-0.2, 0) is 10.0 Å². The second kappa shape index (κ2) is 5.81. The van der Waals surface area contributed by atoms with Crippen molar-refractivity contribution in [3.63, 3.8) is 0 Å². The van der Waals surface area contributed by atoms with Gasteiger partial charge in [0.25, 0.3) is 0 Å². The molecule has 0 aliphatic rings. The molecule has 1 aromatic heterocycles. The van der Waals surface area contributed by atoms with Gasteiger partial charge < -0.3 is 5.11 Å². The monoisotopic (exact) mass is 291 g/mol. The fourth-order valence-corrected chi connectivity index (χ4v) is 4.16. The highest BCUT2D eigenvalue weighted by molar-refractivity contribution is 7.91. The van der Waals surface area contributed by atoms with Gasteiger partial charge in [-0.2, -0.15) is 0 Å². The first-order valence-corrected chi connectivity index (χ1v) is 7.93. The number of rotatable bonds is 6. The van der Waals surface area contributed by atoms with Crippen molar-refractivity contribution in [3.8, 4) is 0 Å². The molecular formula is C11H17NO4S2. The van der Waals surface area contributed by atoms with Gasteiger partial charge in [-0.25, -0.2) is 17.9 Å². The first-order chi connectivity index (χ1) is 8.27. The summed E-state index contributed by atoms with van der Waals surface area (Å²) in [6, 6.07) is 2.48. The number of nitrogens with one attached hydrogen (secondary N) is 1. The molecule has 1 heterocycles. The molecule has 0 fully saturated rings. The highest BCUT2D eigenvalue weighted by Crippen LogP contribution is 2.22. The van der Waals surface area contributed by atoms with E-state index < -0.39 is 16.0 Å². The molecule has 1 rings (SSSR count). The second-order valence-corrected chi connectivity index (χ2v) is 7.33. The van der Waals surface area contributed by atoms with Gasteiger partial charge in [-0.15, -0.1) is 11.3 Å². The van der Waals surface area contributed by atoms with E-state index in [1.54, 1.807) is 0 Å². The standard InChI is InChI=1S/C11H17NO4S2/c1-4-8(7(2)3)12-18(15,16)10-6-5-9(17-10)11(13)14/h5-8,12H,4H2,1-3H3,(H,13,14). The average Bonchev–Trinajstić information content (AvgIpc) is 2.75. The molecule has 1 unspecified atom stereocenters. The molecule has 0 saturated heterocycles. The van der Waals surface area contributed by atoms with Crippen LogP contribution in [-0.4, -0.2) is 25.5 Å². The minimum Gasteiger partial charge on any atom is -0.477 e. The van der Waals surface area contributed by atoms with Crippen LogP contribution in [0, 0.1) is 5.92 Å². The van der Waals surface area contributed by atoms with Gasteiger partial charge in [-0.05, 0) is 24.5 Å². The Bertz CT molecular complexity index is 519. The van der Waals surface area contributed by atoms with Crippen LogP contribution in [0.3, 0.4) is 0 Å². The van der Waals surface area contributed by atoms with Crippen LogP contribution >= 0.6 is 11.3 Å². The molecule has 2 N–H and O–H groups in total. The third kappa shape index (κ3) is 3.54. The SMILES string of the molecule is CCC(NS(=O)(=O)c1ccc(C(=O)O)s1)C(C)C. The van der Waals surface area contributed by atoms with Crippen LogP contribution in [0.2, 0.25) is 0 Å². The third-order valence-corrected chi connectivity index (χ3v) is 5.66. The first kappa shape index (κ1) is 15.1. The molecular weight excluding hydrogens is 274 g/mol. The van der Waals surface area contributed by atoms with E-state index in [9.17, 15) is 13.2 Å². The summed E-state index contributed by atoms with van der Waals surface area (Å²) in [6.45, 7) is 5.78. The topological polar surface area (TPSA) is 83.5 Å². The van der Waals surface area contributed by atoms with Crippen LogP contribution in [0.1, 0.15) is 36.9 Å². The molecule has 18 heavy (non-hydrogen) atoms. The van der Waals surface area contributed by atoms with Crippen molar-refractivity contribution in [1.82, 2.24) is 4.72 Å². The maximum absolute atomic E-state index is 12.0. The lowest BCUT2D eigenvalue weighted by atomic mass is 10.0. The van der Waals surface area contributed by atoms with Gasteiger partial charge >= 0.3 is 5.97 Å². The van der Waals surface area contributed by atoms with Crippen LogP contribution < -0.4 is 4.72 Å². The van der Waals surface area contributed by atoms with Gasteiger partial charge in [0.15, 0.2) is 0 Å². The van der Waals surface area contributed by atoms with E-state index >= 15 is 0 Å². The molecule has 1 aromatic rings. The molecule has 0 aliphatic carbocycles. The van der Waals surface area contributed by atoms with Gasteiger partial charge in [0.2, 0.25) is 10.0 Å². The van der Waals surface area contributed by atoms with Gasteiger partial charge in [0.1, 0.15) is 9.09 Å². The van der Waals surface area contributed by atoms with Crippen molar-refractivity contribution in [1.29, 1.82) is 0 Å². The van der Waals surface area contributed by atoms with E-state index in [0.717, 1.165) is 11.3 Å². The zero-order valence-electron chi connectivity index (χ0n) is 10.5. The van der Waals surface area contributed by atoms with Gasteiger partial charge in [0.05, 0.1) is 0 Å². The summed E-state index contributed by atoms with van der Waals surface area (Å²) >= 11 is 0.762. The van der Waals surface area contributed by atoms with E-state index in [1.165, 1.54) is 12.1 Å². The van der Waals surface area contributed by atoms with E-state index in [1.807, 2.05) is 20.8 Å². The van der Waals surface area contributed by atoms with Gasteiger partial charge in [-0.1, -0.05) is 20.8 Å². The summed E-state index contributed by atoms with van der Waals surface area (Å²) < 4.78 is 26.7. The normalized spacial score (nSPS) is 13.8. The summed E-state index contributed by atoms with van der Waals surface area (Å²) in [4.78, 5) is 10.7. The van der Waals surface area contributed by atoms with E-state index in [0.29, 0.717) is 6.42 Å². The number of hydrogen-bond donors (Lipinski definition) is 2. The van der Waals surface area contributed by atoms with Crippen molar-refractivity contribution in [2.24, 2.45) is 5.92 Å². The number of carboxylic acid groups (broad SMARTS) is 1. The summed E-state index contributed by atoms with van der Waals surface area (Å²) in [5.74, 6) is -0.930. The molecule has 102 valence electrons. The smallest absolute Gasteiger partial charge is 0.345 e. The molecule has 0 radical (unpaired) electrons. The van der Waals surface area contributed by atoms with Crippen molar-refractivity contribution >= 4 is 27.3 Å². The van der Waals surface area contributed by atoms with Crippen LogP contribution in [0.5, 0.6) is 0 Å². The summed E-state index contributed by atoms with van der Waals surface area (Å²) in [6.07, 6.45) is 0.689. The number of carbonyl (C=O) groups is 1. The zero-order chi connectivity index (χ0) is 13.9. The lowest BCUT2D eigenvalue weighted by molar-refractivity contribution is 0.0702. The van der Waals surface area contributed by atoms with E-state index in [2.05, 4.69) is 4.72 Å². The molecule has 0 bridgehead atoms. The summed E-state index contributed by atoms with van der Waals surface area (Å²) in [5, 5.41) is 8.78. The Morgan fingerprint density at radius 1 is 1.44 bits per heavy atom. The minimum absolute atomic E-state index is 0.0213. The Balaban J connectivity index is 2.95. The highest BCUT2D eigenvalue weighted by atomic mass is 32.2. The lowest BCUT2D eigenvalue weighted by Crippen LogP contribution is -2.37. The molecule has 0 spiro atoms. The first-order valence-electron chi connectivity index (χ1n) is 5.63. The van der Waals surface area contributed by atoms with E-state index in [4.69, 9.17) is 5.11 Å². The van der Waals surface area contributed by atoms with Gasteiger partial charge in [0, 0.05) is 6.04 Å². The largest absolute Gasteiger partial charge is 0.477 e. The maximum atomic E-state index is 12.0. The Morgan fingerprint density at radius 3 is 2.44 bits per heavy atom. The second-order valence-electron chi connectivity index (χ2n) is 4.30. The van der Waals surface area contributed by atoms with Crippen LogP contribution in [0.4, 0.5) is 0 Å². The van der Waals surface area contributed by atoms with Crippen LogP contribution in [0.25, 0.3) is 0 Å². The highest BCUT2D eigenvalue weighted by Gasteiger charge is 2.23. The Labute approximate surface area is 111 Å².